The number of fused-ring (bicyclic) bond motifs is 5. The number of halogens is 1. The molecule has 0 saturated heterocycles. The second-order valence-electron chi connectivity index (χ2n) is 11.2. The molecule has 0 heterocycles. The number of rotatable bonds is 3. The Labute approximate surface area is 194 Å². The zero-order valence-corrected chi connectivity index (χ0v) is 20.4. The van der Waals surface area contributed by atoms with Gasteiger partial charge in [-0.05, 0) is 126 Å². The molecule has 5 heteroatoms. The molecular weight excluding hydrogens is 454 g/mol. The number of nitrogens with zero attached hydrogens (tertiary/aromatic N) is 1. The van der Waals surface area contributed by atoms with Crippen LogP contribution in [0.5, 0.6) is 5.75 Å². The number of aliphatic hydroxyl groups excluding tert-OH is 1. The highest BCUT2D eigenvalue weighted by Crippen LogP contribution is 2.66. The molecular formula is C26H36BrNO3. The second-order valence-corrected chi connectivity index (χ2v) is 12.1. The van der Waals surface area contributed by atoms with Crippen LogP contribution in [0.25, 0.3) is 0 Å². The summed E-state index contributed by atoms with van der Waals surface area (Å²) in [6, 6.07) is 5.50. The maximum Gasteiger partial charge on any atom is 0.142 e. The van der Waals surface area contributed by atoms with Gasteiger partial charge in [0.25, 0.3) is 0 Å². The van der Waals surface area contributed by atoms with E-state index in [4.69, 9.17) is 4.84 Å². The van der Waals surface area contributed by atoms with E-state index in [-0.39, 0.29) is 17.3 Å². The van der Waals surface area contributed by atoms with E-state index in [1.54, 1.807) is 6.07 Å². The lowest BCUT2D eigenvalue weighted by atomic mass is 9.45. The van der Waals surface area contributed by atoms with Gasteiger partial charge in [-0.15, -0.1) is 0 Å². The Morgan fingerprint density at radius 3 is 2.68 bits per heavy atom. The molecule has 0 spiro atoms. The molecule has 0 bridgehead atoms. The highest BCUT2D eigenvalue weighted by atomic mass is 79.9. The van der Waals surface area contributed by atoms with Crippen LogP contribution < -0.4 is 0 Å². The number of aromatic hydroxyl groups is 1. The summed E-state index contributed by atoms with van der Waals surface area (Å²) in [4.78, 5) is 5.69. The van der Waals surface area contributed by atoms with E-state index in [0.29, 0.717) is 22.4 Å². The Morgan fingerprint density at radius 2 is 1.87 bits per heavy atom. The van der Waals surface area contributed by atoms with Crippen molar-refractivity contribution >= 4 is 21.6 Å². The van der Waals surface area contributed by atoms with E-state index in [1.807, 2.05) is 12.1 Å². The van der Waals surface area contributed by atoms with Gasteiger partial charge in [0.2, 0.25) is 0 Å². The van der Waals surface area contributed by atoms with Crippen molar-refractivity contribution in [1.29, 1.82) is 0 Å². The van der Waals surface area contributed by atoms with Crippen LogP contribution in [0.3, 0.4) is 0 Å². The van der Waals surface area contributed by atoms with Crippen LogP contribution in [-0.2, 0) is 11.4 Å². The van der Waals surface area contributed by atoms with Gasteiger partial charge < -0.3 is 15.1 Å². The highest BCUT2D eigenvalue weighted by Gasteiger charge is 2.59. The van der Waals surface area contributed by atoms with Crippen molar-refractivity contribution in [2.75, 3.05) is 0 Å². The predicted molar refractivity (Wildman–Crippen MR) is 126 cm³/mol. The van der Waals surface area contributed by atoms with Crippen LogP contribution in [0.2, 0.25) is 0 Å². The van der Waals surface area contributed by atoms with Crippen LogP contribution in [0.4, 0.5) is 0 Å². The molecule has 4 saturated carbocycles. The molecule has 1 aromatic carbocycles. The van der Waals surface area contributed by atoms with Gasteiger partial charge in [0.15, 0.2) is 0 Å². The Balaban J connectivity index is 1.24. The number of phenolic OH excluding ortho intramolecular Hbond substituents is 1. The molecule has 0 amide bonds. The van der Waals surface area contributed by atoms with Gasteiger partial charge in [0, 0.05) is 0 Å². The minimum Gasteiger partial charge on any atom is -0.507 e. The largest absolute Gasteiger partial charge is 0.507 e. The van der Waals surface area contributed by atoms with Crippen molar-refractivity contribution < 1.29 is 15.1 Å². The van der Waals surface area contributed by atoms with Crippen LogP contribution in [0.15, 0.2) is 27.8 Å². The van der Waals surface area contributed by atoms with E-state index in [9.17, 15) is 10.2 Å². The SMILES string of the molecule is C[C@]12CC/C(=N\OCc3ccc(Br)c(O)c3)C[C@@H]1CC[C@@H]1[C@@H]2CC[C@]2(C)[C@@H](O)CC[C@@H]12. The lowest BCUT2D eigenvalue weighted by molar-refractivity contribution is -0.112. The first-order valence-electron chi connectivity index (χ1n) is 12.1. The van der Waals surface area contributed by atoms with Gasteiger partial charge in [-0.25, -0.2) is 0 Å². The van der Waals surface area contributed by atoms with E-state index < -0.39 is 0 Å². The molecule has 0 unspecified atom stereocenters. The first-order chi connectivity index (χ1) is 14.8. The summed E-state index contributed by atoms with van der Waals surface area (Å²) in [7, 11) is 0. The maximum absolute atomic E-state index is 10.7. The fourth-order valence-corrected chi connectivity index (χ4v) is 8.21. The molecule has 1 aromatic rings. The minimum atomic E-state index is -0.0844. The molecule has 4 aliphatic rings. The summed E-state index contributed by atoms with van der Waals surface area (Å²) in [5, 5.41) is 25.0. The second kappa shape index (κ2) is 8.06. The molecule has 7 atom stereocenters. The average molecular weight is 490 g/mol. The molecule has 0 aromatic heterocycles. The third-order valence-electron chi connectivity index (χ3n) is 9.88. The van der Waals surface area contributed by atoms with Gasteiger partial charge in [-0.2, -0.15) is 0 Å². The standard InChI is InChI=1S/C26H36BrNO3/c1-25-11-9-18(28-31-15-16-3-7-22(27)23(29)13-16)14-17(25)4-5-19-20-6-8-24(30)26(20,2)12-10-21(19)25/h3,7,13,17,19-21,24,29-30H,4-6,8-12,14-15H2,1-2H3/b28-18+/t17-,19-,20-,21-,24-,25-,26-/m0/s1. The number of aliphatic hydroxyl groups is 1. The van der Waals surface area contributed by atoms with E-state index in [0.717, 1.165) is 42.6 Å². The van der Waals surface area contributed by atoms with Crippen molar-refractivity contribution in [2.45, 2.75) is 84.3 Å². The lowest BCUT2D eigenvalue weighted by Gasteiger charge is -2.60. The highest BCUT2D eigenvalue weighted by molar-refractivity contribution is 9.10. The monoisotopic (exact) mass is 489 g/mol. The number of hydrogen-bond donors (Lipinski definition) is 2. The van der Waals surface area contributed by atoms with Gasteiger partial charge in [0.1, 0.15) is 12.4 Å². The van der Waals surface area contributed by atoms with Gasteiger partial charge in [-0.1, -0.05) is 25.1 Å². The molecule has 0 radical (unpaired) electrons. The van der Waals surface area contributed by atoms with Crippen LogP contribution >= 0.6 is 15.9 Å². The summed E-state index contributed by atoms with van der Waals surface area (Å²) in [6.07, 6.45) is 10.6. The van der Waals surface area contributed by atoms with Gasteiger partial charge >= 0.3 is 0 Å². The lowest BCUT2D eigenvalue weighted by Crippen LogP contribution is -2.54. The minimum absolute atomic E-state index is 0.0844. The van der Waals surface area contributed by atoms with E-state index in [2.05, 4.69) is 34.9 Å². The third-order valence-corrected chi connectivity index (χ3v) is 10.6. The fraction of sp³-hybridized carbons (Fsp3) is 0.731. The van der Waals surface area contributed by atoms with Crippen molar-refractivity contribution in [2.24, 2.45) is 39.7 Å². The average Bonchev–Trinajstić information content (AvgIpc) is 3.05. The van der Waals surface area contributed by atoms with E-state index >= 15 is 0 Å². The molecule has 4 aliphatic carbocycles. The van der Waals surface area contributed by atoms with Crippen molar-refractivity contribution in [3.05, 3.63) is 28.2 Å². The molecule has 0 aliphatic heterocycles. The number of phenols is 1. The smallest absolute Gasteiger partial charge is 0.142 e. The van der Waals surface area contributed by atoms with Crippen LogP contribution in [0, 0.1) is 34.5 Å². The zero-order valence-electron chi connectivity index (χ0n) is 18.8. The molecule has 5 rings (SSSR count). The third kappa shape index (κ3) is 3.64. The van der Waals surface area contributed by atoms with Crippen molar-refractivity contribution in [3.8, 4) is 5.75 Å². The summed E-state index contributed by atoms with van der Waals surface area (Å²) < 4.78 is 0.694. The predicted octanol–water partition coefficient (Wildman–Crippen LogP) is 6.43. The van der Waals surface area contributed by atoms with Crippen molar-refractivity contribution in [1.82, 2.24) is 0 Å². The molecule has 4 nitrogen and oxygen atoms in total. The first-order valence-corrected chi connectivity index (χ1v) is 12.9. The molecule has 31 heavy (non-hydrogen) atoms. The molecule has 2 N–H and O–H groups in total. The Kier molecular flexibility index (Phi) is 5.65. The summed E-state index contributed by atoms with van der Waals surface area (Å²) in [6.45, 7) is 5.32. The number of benzene rings is 1. The van der Waals surface area contributed by atoms with Crippen LogP contribution in [-0.4, -0.2) is 22.0 Å². The van der Waals surface area contributed by atoms with Gasteiger partial charge in [-0.3, -0.25) is 0 Å². The van der Waals surface area contributed by atoms with Gasteiger partial charge in [0.05, 0.1) is 16.3 Å². The molecule has 4 fully saturated rings. The number of hydrogen-bond acceptors (Lipinski definition) is 4. The Morgan fingerprint density at radius 1 is 1.06 bits per heavy atom. The normalized spacial score (nSPS) is 43.2. The maximum atomic E-state index is 10.7. The van der Waals surface area contributed by atoms with E-state index in [1.165, 1.54) is 44.2 Å². The zero-order chi connectivity index (χ0) is 21.8. The fourth-order valence-electron chi connectivity index (χ4n) is 7.96. The summed E-state index contributed by atoms with van der Waals surface area (Å²) in [5.74, 6) is 3.27. The quantitative estimate of drug-likeness (QED) is 0.480. The Bertz CT molecular complexity index is 872. The molecule has 170 valence electrons. The Hall–Kier alpha value is -1.07. The summed E-state index contributed by atoms with van der Waals surface area (Å²) >= 11 is 3.31. The first kappa shape index (κ1) is 21.8. The van der Waals surface area contributed by atoms with Crippen LogP contribution in [0.1, 0.15) is 77.2 Å². The number of oxime groups is 1. The summed E-state index contributed by atoms with van der Waals surface area (Å²) in [5.41, 5.74) is 2.71. The topological polar surface area (TPSA) is 62.0 Å². The van der Waals surface area contributed by atoms with Crippen molar-refractivity contribution in [3.63, 3.8) is 0 Å².